The van der Waals surface area contributed by atoms with Crippen LogP contribution in [0.4, 0.5) is 0 Å². The number of hydrogen-bond donors (Lipinski definition) is 8. The minimum absolute atomic E-state index is 0.939. The van der Waals surface area contributed by atoms with Gasteiger partial charge in [0.2, 0.25) is 0 Å². The van der Waals surface area contributed by atoms with E-state index in [2.05, 4.69) is 44.2 Å². The van der Waals surface area contributed by atoms with Gasteiger partial charge in [0.1, 0.15) is 12.1 Å². The predicted octanol–water partition coefficient (Wildman–Crippen LogP) is 2.21. The Morgan fingerprint density at radius 1 is 0.625 bits per heavy atom. The van der Waals surface area contributed by atoms with Gasteiger partial charge in [-0.15, -0.1) is 0 Å². The Balaban J connectivity index is 0.000000230. The van der Waals surface area contributed by atoms with E-state index in [1.807, 2.05) is 48.6 Å². The Hall–Kier alpha value is -4.62. The van der Waals surface area contributed by atoms with Crippen molar-refractivity contribution in [3.8, 4) is 0 Å². The van der Waals surface area contributed by atoms with Crippen LogP contribution in [0.25, 0.3) is 46.4 Å². The SMILES string of the molecule is C1=Cc2cc3ccc(cc4nc(cc5ccc(cc1n2)[nH]5)C=C4)[nH]3.C[C@@H](O)[C@H](N)C(=O)O.C[C@@H](O)[C@H](N)C(=O)O. The first-order valence-corrected chi connectivity index (χ1v) is 12.3. The summed E-state index contributed by atoms with van der Waals surface area (Å²) in [5.74, 6) is -2.36. The largest absolute Gasteiger partial charge is 0.480 e. The standard InChI is InChI=1S/C20H14N4.2C4H9NO3/c1-2-14-10-16-5-6-18(23-16)12-20-8-7-19(24-20)11-17-4-3-15(22-17)9-13(1)21-14;2*1-2(6)3(5)4(7)8/h1-12,21,24H;2*2-3,6H,5H2,1H3,(H,7,8)/t;2*2-,3+/m.11/s1. The molecule has 2 aliphatic rings. The second-order valence-electron chi connectivity index (χ2n) is 9.11. The van der Waals surface area contributed by atoms with Crippen LogP contribution in [-0.2, 0) is 9.59 Å². The number of nitrogens with zero attached hydrogens (tertiary/aromatic N) is 2. The number of H-pyrrole nitrogens is 2. The summed E-state index contributed by atoms with van der Waals surface area (Å²) in [6.45, 7) is 2.66. The monoisotopic (exact) mass is 548 g/mol. The molecule has 0 aliphatic carbocycles. The molecule has 5 heterocycles. The van der Waals surface area contributed by atoms with Crippen LogP contribution in [0.1, 0.15) is 36.6 Å². The molecular weight excluding hydrogens is 516 g/mol. The molecule has 0 saturated carbocycles. The zero-order chi connectivity index (χ0) is 29.4. The number of aromatic amines is 2. The van der Waals surface area contributed by atoms with Crippen LogP contribution in [0.3, 0.4) is 0 Å². The molecule has 0 saturated heterocycles. The summed E-state index contributed by atoms with van der Waals surface area (Å²) in [6.07, 6.45) is 6.13. The third kappa shape index (κ3) is 8.71. The van der Waals surface area contributed by atoms with Crippen molar-refractivity contribution in [3.05, 3.63) is 71.3 Å². The molecule has 0 unspecified atom stereocenters. The smallest absolute Gasteiger partial charge is 0.323 e. The molecule has 5 rings (SSSR count). The number of rotatable bonds is 4. The number of fused-ring (bicyclic) bond motifs is 8. The number of nitrogens with one attached hydrogen (secondary N) is 2. The van der Waals surface area contributed by atoms with E-state index in [1.165, 1.54) is 13.8 Å². The van der Waals surface area contributed by atoms with Crippen molar-refractivity contribution in [2.24, 2.45) is 11.5 Å². The molecule has 10 N–H and O–H groups in total. The first-order chi connectivity index (χ1) is 18.9. The number of aliphatic carboxylic acids is 2. The second-order valence-corrected chi connectivity index (χ2v) is 9.11. The molecule has 12 nitrogen and oxygen atoms in total. The number of carboxylic acids is 2. The van der Waals surface area contributed by atoms with Gasteiger partial charge in [-0.3, -0.25) is 9.59 Å². The Bertz CT molecular complexity index is 1370. The second kappa shape index (κ2) is 13.4. The summed E-state index contributed by atoms with van der Waals surface area (Å²) in [4.78, 5) is 35.7. The summed E-state index contributed by atoms with van der Waals surface area (Å²) in [5, 5.41) is 33.1. The maximum absolute atomic E-state index is 9.86. The van der Waals surface area contributed by atoms with Crippen LogP contribution in [-0.4, -0.2) is 76.6 Å². The molecule has 0 radical (unpaired) electrons. The molecule has 4 atom stereocenters. The van der Waals surface area contributed by atoms with Crippen LogP contribution in [0.15, 0.2) is 48.5 Å². The predicted molar refractivity (Wildman–Crippen MR) is 153 cm³/mol. The normalized spacial score (nSPS) is 14.6. The maximum Gasteiger partial charge on any atom is 0.323 e. The summed E-state index contributed by atoms with van der Waals surface area (Å²) >= 11 is 0. The van der Waals surface area contributed by atoms with Gasteiger partial charge in [0, 0.05) is 22.1 Å². The molecule has 0 fully saturated rings. The molecule has 40 heavy (non-hydrogen) atoms. The van der Waals surface area contributed by atoms with Gasteiger partial charge < -0.3 is 41.9 Å². The van der Waals surface area contributed by atoms with Crippen LogP contribution in [0, 0.1) is 0 Å². The highest BCUT2D eigenvalue weighted by molar-refractivity contribution is 5.77. The number of nitrogens with two attached hydrogens (primary N) is 2. The highest BCUT2D eigenvalue weighted by Gasteiger charge is 2.16. The van der Waals surface area contributed by atoms with Gasteiger partial charge in [0.15, 0.2) is 0 Å². The number of hydrogen-bond acceptors (Lipinski definition) is 8. The molecule has 12 heteroatoms. The third-order valence-electron chi connectivity index (χ3n) is 5.65. The van der Waals surface area contributed by atoms with Gasteiger partial charge in [-0.25, -0.2) is 9.97 Å². The fourth-order valence-electron chi connectivity index (χ4n) is 3.36. The van der Waals surface area contributed by atoms with Crippen molar-refractivity contribution in [2.45, 2.75) is 38.1 Å². The van der Waals surface area contributed by atoms with Crippen molar-refractivity contribution in [3.63, 3.8) is 0 Å². The van der Waals surface area contributed by atoms with E-state index in [0.29, 0.717) is 0 Å². The fraction of sp³-hybridized carbons (Fsp3) is 0.214. The highest BCUT2D eigenvalue weighted by atomic mass is 16.4. The summed E-state index contributed by atoms with van der Waals surface area (Å²) in [5.41, 5.74) is 17.7. The lowest BCUT2D eigenvalue weighted by molar-refractivity contribution is -0.141. The molecule has 3 aromatic rings. The number of aliphatic hydroxyl groups excluding tert-OH is 2. The topological polar surface area (TPSA) is 224 Å². The zero-order valence-corrected chi connectivity index (χ0v) is 21.9. The molecular formula is C28H32N6O6. The molecule has 8 bridgehead atoms. The highest BCUT2D eigenvalue weighted by Crippen LogP contribution is 2.17. The minimum atomic E-state index is -1.18. The lowest BCUT2D eigenvalue weighted by Gasteiger charge is -2.07. The van der Waals surface area contributed by atoms with Crippen LogP contribution >= 0.6 is 0 Å². The van der Waals surface area contributed by atoms with Gasteiger partial charge in [-0.05, 0) is 86.7 Å². The minimum Gasteiger partial charge on any atom is -0.480 e. The lowest BCUT2D eigenvalue weighted by Crippen LogP contribution is -2.39. The fourth-order valence-corrected chi connectivity index (χ4v) is 3.36. The van der Waals surface area contributed by atoms with E-state index >= 15 is 0 Å². The summed E-state index contributed by atoms with van der Waals surface area (Å²) < 4.78 is 0. The Morgan fingerprint density at radius 3 is 1.05 bits per heavy atom. The third-order valence-corrected chi connectivity index (χ3v) is 5.65. The van der Waals surface area contributed by atoms with Gasteiger partial charge in [-0.2, -0.15) is 0 Å². The quantitative estimate of drug-likeness (QED) is 0.163. The molecule has 210 valence electrons. The molecule has 0 aromatic carbocycles. The first-order valence-electron chi connectivity index (χ1n) is 12.3. The van der Waals surface area contributed by atoms with E-state index < -0.39 is 36.2 Å². The number of carboxylic acid groups (broad SMARTS) is 2. The van der Waals surface area contributed by atoms with Crippen molar-refractivity contribution in [1.29, 1.82) is 0 Å². The summed E-state index contributed by atoms with van der Waals surface area (Å²) in [6, 6.07) is 14.0. The van der Waals surface area contributed by atoms with Gasteiger partial charge in [0.25, 0.3) is 0 Å². The van der Waals surface area contributed by atoms with Crippen molar-refractivity contribution < 1.29 is 30.0 Å². The number of carbonyl (C=O) groups is 2. The van der Waals surface area contributed by atoms with Crippen molar-refractivity contribution >= 4 is 58.3 Å². The van der Waals surface area contributed by atoms with Gasteiger partial charge >= 0.3 is 11.9 Å². The van der Waals surface area contributed by atoms with Crippen LogP contribution in [0.5, 0.6) is 0 Å². The summed E-state index contributed by atoms with van der Waals surface area (Å²) in [7, 11) is 0. The van der Waals surface area contributed by atoms with Gasteiger partial charge in [-0.1, -0.05) is 0 Å². The van der Waals surface area contributed by atoms with Crippen molar-refractivity contribution in [2.75, 3.05) is 0 Å². The number of aliphatic hydroxyl groups is 2. The van der Waals surface area contributed by atoms with Crippen LogP contribution in [0.2, 0.25) is 0 Å². The Morgan fingerprint density at radius 2 is 0.875 bits per heavy atom. The van der Waals surface area contributed by atoms with E-state index in [-0.39, 0.29) is 0 Å². The first kappa shape index (κ1) is 29.9. The van der Waals surface area contributed by atoms with E-state index in [4.69, 9.17) is 31.9 Å². The maximum atomic E-state index is 9.86. The van der Waals surface area contributed by atoms with E-state index in [1.54, 1.807) is 0 Å². The molecule has 3 aromatic heterocycles. The van der Waals surface area contributed by atoms with E-state index in [0.717, 1.165) is 44.8 Å². The average Bonchev–Trinajstić information content (AvgIpc) is 3.70. The molecule has 2 aliphatic heterocycles. The lowest BCUT2D eigenvalue weighted by atomic mass is 10.2. The average molecular weight is 549 g/mol. The van der Waals surface area contributed by atoms with E-state index in [9.17, 15) is 9.59 Å². The van der Waals surface area contributed by atoms with Crippen LogP contribution < -0.4 is 11.5 Å². The molecule has 0 amide bonds. The Labute approximate surface area is 229 Å². The Kier molecular flexibility index (Phi) is 10.1. The molecule has 0 spiro atoms. The van der Waals surface area contributed by atoms with Gasteiger partial charge in [0.05, 0.1) is 35.0 Å². The zero-order valence-electron chi connectivity index (χ0n) is 21.9. The van der Waals surface area contributed by atoms with Crippen molar-refractivity contribution in [1.82, 2.24) is 19.9 Å². The number of aromatic nitrogens is 4.